The average molecular weight is 399 g/mol. The molecule has 0 heterocycles. The number of aliphatic hydroxyl groups is 2. The molecule has 2 aromatic rings. The summed E-state index contributed by atoms with van der Waals surface area (Å²) in [4.78, 5) is 0. The lowest BCUT2D eigenvalue weighted by Gasteiger charge is -2.34. The van der Waals surface area contributed by atoms with Gasteiger partial charge in [-0.15, -0.1) is 0 Å². The van der Waals surface area contributed by atoms with Crippen LogP contribution in [0.1, 0.15) is 62.5 Å². The van der Waals surface area contributed by atoms with Crippen LogP contribution < -0.4 is 9.47 Å². The Balaban J connectivity index is 1.82. The van der Waals surface area contributed by atoms with Crippen molar-refractivity contribution in [2.24, 2.45) is 0 Å². The quantitative estimate of drug-likeness (QED) is 0.444. The molecule has 1 aliphatic carbocycles. The Kier molecular flexibility index (Phi) is 8.38. The molecule has 3 rings (SSSR count). The van der Waals surface area contributed by atoms with E-state index in [4.69, 9.17) is 19.7 Å². The van der Waals surface area contributed by atoms with Gasteiger partial charge in [0, 0.05) is 31.5 Å². The molecular formula is C25H34O4. The number of rotatable bonds is 10. The Hall–Kier alpha value is -2.04. The van der Waals surface area contributed by atoms with E-state index in [1.165, 1.54) is 36.8 Å². The summed E-state index contributed by atoms with van der Waals surface area (Å²) in [7, 11) is 0. The van der Waals surface area contributed by atoms with Gasteiger partial charge in [0.1, 0.15) is 11.5 Å². The zero-order valence-corrected chi connectivity index (χ0v) is 17.3. The van der Waals surface area contributed by atoms with Crippen LogP contribution in [0.2, 0.25) is 0 Å². The predicted molar refractivity (Wildman–Crippen MR) is 116 cm³/mol. The van der Waals surface area contributed by atoms with Crippen molar-refractivity contribution in [1.82, 2.24) is 0 Å². The minimum atomic E-state index is 0.0315. The molecule has 2 aromatic carbocycles. The molecule has 1 saturated carbocycles. The van der Waals surface area contributed by atoms with Crippen LogP contribution >= 0.6 is 0 Å². The molecule has 0 amide bonds. The Morgan fingerprint density at radius 3 is 1.41 bits per heavy atom. The fourth-order valence-electron chi connectivity index (χ4n) is 4.33. The van der Waals surface area contributed by atoms with Gasteiger partial charge in [0.15, 0.2) is 0 Å². The van der Waals surface area contributed by atoms with Gasteiger partial charge in [-0.1, -0.05) is 49.9 Å². The molecule has 29 heavy (non-hydrogen) atoms. The van der Waals surface area contributed by atoms with Gasteiger partial charge < -0.3 is 19.7 Å². The molecule has 0 bridgehead atoms. The number of hydrogen-bond donors (Lipinski definition) is 2. The molecule has 0 spiro atoms. The highest BCUT2D eigenvalue weighted by atomic mass is 16.5. The first kappa shape index (κ1) is 21.7. The second-order valence-electron chi connectivity index (χ2n) is 7.90. The van der Waals surface area contributed by atoms with Gasteiger partial charge in [-0.2, -0.15) is 0 Å². The van der Waals surface area contributed by atoms with E-state index >= 15 is 0 Å². The predicted octanol–water partition coefficient (Wildman–Crippen LogP) is 4.85. The van der Waals surface area contributed by atoms with E-state index < -0.39 is 0 Å². The molecule has 4 heteroatoms. The highest BCUT2D eigenvalue weighted by molar-refractivity contribution is 5.43. The van der Waals surface area contributed by atoms with Crippen LogP contribution in [0.5, 0.6) is 11.5 Å². The van der Waals surface area contributed by atoms with Crippen LogP contribution in [0, 0.1) is 0 Å². The van der Waals surface area contributed by atoms with E-state index in [0.717, 1.165) is 24.3 Å². The zero-order chi connectivity index (χ0) is 20.4. The molecule has 0 aliphatic heterocycles. The maximum atomic E-state index is 8.92. The van der Waals surface area contributed by atoms with Gasteiger partial charge in [0.25, 0.3) is 0 Å². The Morgan fingerprint density at radius 1 is 0.621 bits per heavy atom. The minimum absolute atomic E-state index is 0.0315. The van der Waals surface area contributed by atoms with Crippen LogP contribution in [-0.4, -0.2) is 36.6 Å². The molecule has 1 fully saturated rings. The van der Waals surface area contributed by atoms with Crippen molar-refractivity contribution in [2.75, 3.05) is 26.4 Å². The second kappa shape index (κ2) is 11.2. The Bertz CT molecular complexity index is 645. The summed E-state index contributed by atoms with van der Waals surface area (Å²) in [5, 5.41) is 17.8. The van der Waals surface area contributed by atoms with Crippen molar-refractivity contribution < 1.29 is 19.7 Å². The highest BCUT2D eigenvalue weighted by Gasteiger charge is 2.34. The van der Waals surface area contributed by atoms with Crippen molar-refractivity contribution in [2.45, 2.75) is 56.8 Å². The minimum Gasteiger partial charge on any atom is -0.494 e. The lowest BCUT2D eigenvalue weighted by Crippen LogP contribution is -2.27. The van der Waals surface area contributed by atoms with E-state index in [1.54, 1.807) is 0 Å². The molecule has 0 aromatic heterocycles. The van der Waals surface area contributed by atoms with Gasteiger partial charge in [0.2, 0.25) is 0 Å². The fraction of sp³-hybridized carbons (Fsp3) is 0.520. The standard InChI is InChI=1S/C25H34O4/c26-17-5-19-28-23-11-7-21(8-12-23)25(15-3-1-2-4-16-25)22-9-13-24(14-10-22)29-20-6-18-27/h7-14,26-27H,1-6,15-20H2. The zero-order valence-electron chi connectivity index (χ0n) is 17.3. The van der Waals surface area contributed by atoms with E-state index in [1.807, 2.05) is 0 Å². The number of hydrogen-bond acceptors (Lipinski definition) is 4. The van der Waals surface area contributed by atoms with Crippen LogP contribution in [0.4, 0.5) is 0 Å². The second-order valence-corrected chi connectivity index (χ2v) is 7.90. The smallest absolute Gasteiger partial charge is 0.119 e. The third-order valence-corrected chi connectivity index (χ3v) is 5.91. The van der Waals surface area contributed by atoms with Crippen molar-refractivity contribution in [3.05, 3.63) is 59.7 Å². The third kappa shape index (κ3) is 5.74. The van der Waals surface area contributed by atoms with Crippen LogP contribution in [0.25, 0.3) is 0 Å². The first-order valence-corrected chi connectivity index (χ1v) is 11.0. The maximum Gasteiger partial charge on any atom is 0.119 e. The molecule has 0 radical (unpaired) electrons. The molecule has 2 N–H and O–H groups in total. The number of benzene rings is 2. The molecule has 0 unspecified atom stereocenters. The van der Waals surface area contributed by atoms with Crippen LogP contribution in [0.15, 0.2) is 48.5 Å². The molecule has 0 atom stereocenters. The van der Waals surface area contributed by atoms with Crippen LogP contribution in [-0.2, 0) is 5.41 Å². The summed E-state index contributed by atoms with van der Waals surface area (Å²) >= 11 is 0. The Labute approximate surface area is 174 Å². The van der Waals surface area contributed by atoms with E-state index in [0.29, 0.717) is 26.1 Å². The lowest BCUT2D eigenvalue weighted by molar-refractivity contribution is 0.233. The first-order valence-electron chi connectivity index (χ1n) is 11.0. The van der Waals surface area contributed by atoms with Gasteiger partial charge in [-0.25, -0.2) is 0 Å². The third-order valence-electron chi connectivity index (χ3n) is 5.91. The van der Waals surface area contributed by atoms with Gasteiger partial charge >= 0.3 is 0 Å². The molecule has 4 nitrogen and oxygen atoms in total. The van der Waals surface area contributed by atoms with Gasteiger partial charge in [0.05, 0.1) is 13.2 Å². The topological polar surface area (TPSA) is 58.9 Å². The van der Waals surface area contributed by atoms with E-state index in [-0.39, 0.29) is 18.6 Å². The van der Waals surface area contributed by atoms with Crippen molar-refractivity contribution >= 4 is 0 Å². The summed E-state index contributed by atoms with van der Waals surface area (Å²) in [5.74, 6) is 1.72. The fourth-order valence-corrected chi connectivity index (χ4v) is 4.33. The SMILES string of the molecule is OCCCOc1ccc(C2(c3ccc(OCCCO)cc3)CCCCCC2)cc1. The summed E-state index contributed by atoms with van der Waals surface area (Å²) in [6, 6.07) is 17.1. The van der Waals surface area contributed by atoms with Gasteiger partial charge in [-0.05, 0) is 48.2 Å². The van der Waals surface area contributed by atoms with Crippen molar-refractivity contribution in [1.29, 1.82) is 0 Å². The monoisotopic (exact) mass is 398 g/mol. The summed E-state index contributed by atoms with van der Waals surface area (Å²) in [5.41, 5.74) is 2.73. The highest BCUT2D eigenvalue weighted by Crippen LogP contribution is 2.44. The summed E-state index contributed by atoms with van der Waals surface area (Å²) in [6.07, 6.45) is 8.69. The molecule has 1 aliphatic rings. The number of aliphatic hydroxyl groups excluding tert-OH is 2. The maximum absolute atomic E-state index is 8.92. The largest absolute Gasteiger partial charge is 0.494 e. The van der Waals surface area contributed by atoms with Crippen molar-refractivity contribution in [3.8, 4) is 11.5 Å². The lowest BCUT2D eigenvalue weighted by atomic mass is 9.69. The molecule has 0 saturated heterocycles. The van der Waals surface area contributed by atoms with Gasteiger partial charge in [-0.3, -0.25) is 0 Å². The summed E-state index contributed by atoms with van der Waals surface area (Å²) < 4.78 is 11.4. The normalized spacial score (nSPS) is 16.2. The Morgan fingerprint density at radius 2 is 1.03 bits per heavy atom. The molecular weight excluding hydrogens is 364 g/mol. The van der Waals surface area contributed by atoms with E-state index in [2.05, 4.69) is 48.5 Å². The average Bonchev–Trinajstić information content (AvgIpc) is 3.02. The van der Waals surface area contributed by atoms with Crippen LogP contribution in [0.3, 0.4) is 0 Å². The summed E-state index contributed by atoms with van der Waals surface area (Å²) in [6.45, 7) is 1.39. The van der Waals surface area contributed by atoms with Crippen molar-refractivity contribution in [3.63, 3.8) is 0 Å². The van der Waals surface area contributed by atoms with E-state index in [9.17, 15) is 0 Å². The first-order chi connectivity index (χ1) is 14.3. The molecule has 158 valence electrons. The number of ether oxygens (including phenoxy) is 2.